The van der Waals surface area contributed by atoms with Gasteiger partial charge < -0.3 is 4.55 Å². The fraction of sp³-hybridized carbons (Fsp3) is 0.111. The van der Waals surface area contributed by atoms with E-state index in [2.05, 4.69) is 0 Å². The van der Waals surface area contributed by atoms with Gasteiger partial charge >= 0.3 is 29.6 Å². The van der Waals surface area contributed by atoms with Gasteiger partial charge in [-0.15, -0.1) is 0 Å². The number of rotatable bonds is 2. The Morgan fingerprint density at radius 3 is 2.31 bits per heavy atom. The Labute approximate surface area is 103 Å². The maximum Gasteiger partial charge on any atom is 1.00 e. The van der Waals surface area contributed by atoms with Crippen molar-refractivity contribution in [2.24, 2.45) is 0 Å². The molecule has 0 bridgehead atoms. The molecule has 1 aromatic carbocycles. The van der Waals surface area contributed by atoms with E-state index in [4.69, 9.17) is 0 Å². The molecule has 0 radical (unpaired) electrons. The van der Waals surface area contributed by atoms with Gasteiger partial charge in [-0.05, 0) is 35.1 Å². The van der Waals surface area contributed by atoms with Gasteiger partial charge in [0.1, 0.15) is 0 Å². The molecule has 0 saturated heterocycles. The summed E-state index contributed by atoms with van der Waals surface area (Å²) < 4.78 is 20.3. The number of aryl methyl sites for hydroxylation is 1. The Balaban J connectivity index is 0.00000144. The minimum absolute atomic E-state index is 0. The summed E-state index contributed by atoms with van der Waals surface area (Å²) in [6.45, 7) is 1.99. The Kier molecular flexibility index (Phi) is 6.55. The molecule has 13 heavy (non-hydrogen) atoms. The summed E-state index contributed by atoms with van der Waals surface area (Å²) in [6.07, 6.45) is 1.56. The van der Waals surface area contributed by atoms with Crippen molar-refractivity contribution in [1.29, 1.82) is 0 Å². The van der Waals surface area contributed by atoms with Crippen LogP contribution >= 0.6 is 0 Å². The van der Waals surface area contributed by atoms with Crippen molar-refractivity contribution in [3.8, 4) is 0 Å². The second-order valence-electron chi connectivity index (χ2n) is 2.47. The Morgan fingerprint density at radius 2 is 1.85 bits per heavy atom. The molecule has 0 aliphatic rings. The molecule has 0 N–H and O–H groups in total. The maximum atomic E-state index is 10.2. The van der Waals surface area contributed by atoms with Gasteiger partial charge in [0, 0.05) is 0 Å². The predicted octanol–water partition coefficient (Wildman–Crippen LogP) is -1.15. The second-order valence-corrected chi connectivity index (χ2v) is 3.27. The van der Waals surface area contributed by atoms with Crippen LogP contribution in [0.2, 0.25) is 0 Å². The zero-order valence-corrected chi connectivity index (χ0v) is 10.5. The molecule has 0 spiro atoms. The van der Waals surface area contributed by atoms with Gasteiger partial charge in [0.2, 0.25) is 0 Å². The van der Waals surface area contributed by atoms with Crippen molar-refractivity contribution in [3.05, 3.63) is 40.8 Å². The zero-order chi connectivity index (χ0) is 8.97. The van der Waals surface area contributed by atoms with Gasteiger partial charge in [0.25, 0.3) is 0 Å². The van der Waals surface area contributed by atoms with Crippen LogP contribution in [-0.2, 0) is 11.1 Å². The average Bonchev–Trinajstić information content (AvgIpc) is 2.03. The minimum atomic E-state index is -2.10. The number of hydrogen-bond acceptors (Lipinski definition) is 2. The predicted molar refractivity (Wildman–Crippen MR) is 49.1 cm³/mol. The van der Waals surface area contributed by atoms with Gasteiger partial charge in [-0.3, -0.25) is 4.21 Å². The van der Waals surface area contributed by atoms with Gasteiger partial charge in [0.15, 0.2) is 0 Å². The summed E-state index contributed by atoms with van der Waals surface area (Å²) in [5.74, 6) is 0. The van der Waals surface area contributed by atoms with Gasteiger partial charge in [-0.25, -0.2) is 0 Å². The minimum Gasteiger partial charge on any atom is -0.769 e. The van der Waals surface area contributed by atoms with Gasteiger partial charge in [0.05, 0.1) is 0 Å². The van der Waals surface area contributed by atoms with E-state index in [1.807, 2.05) is 31.2 Å². The van der Waals surface area contributed by atoms with E-state index >= 15 is 0 Å². The van der Waals surface area contributed by atoms with Crippen LogP contribution in [0.1, 0.15) is 11.1 Å². The Bertz CT molecular complexity index is 306. The van der Waals surface area contributed by atoms with E-state index in [1.54, 1.807) is 6.08 Å². The molecule has 64 valence electrons. The van der Waals surface area contributed by atoms with Crippen LogP contribution in [0.25, 0.3) is 6.08 Å². The molecule has 0 aliphatic carbocycles. The largest absolute Gasteiger partial charge is 1.00 e. The SMILES string of the molecule is Cc1ccc(/C=C/S(=O)[O-])cc1.[Na+]. The third-order valence-electron chi connectivity index (χ3n) is 1.45. The Hall–Kier alpha value is 0.0700. The van der Waals surface area contributed by atoms with Crippen LogP contribution < -0.4 is 29.6 Å². The molecule has 1 unspecified atom stereocenters. The summed E-state index contributed by atoms with van der Waals surface area (Å²) in [6, 6.07) is 7.62. The molecule has 1 aromatic rings. The van der Waals surface area contributed by atoms with Crippen LogP contribution in [0, 0.1) is 6.92 Å². The summed E-state index contributed by atoms with van der Waals surface area (Å²) in [4.78, 5) is 0. The normalized spacial score (nSPS) is 12.5. The standard InChI is InChI=1S/C9H10O2S.Na/c1-8-2-4-9(5-3-8)6-7-12(10)11;/h2-7H,1H3,(H,10,11);/q;+1/p-1/b7-6+;. The van der Waals surface area contributed by atoms with Crippen molar-refractivity contribution in [3.63, 3.8) is 0 Å². The molecule has 2 nitrogen and oxygen atoms in total. The third-order valence-corrected chi connectivity index (χ3v) is 1.81. The molecule has 0 fully saturated rings. The molecule has 0 saturated carbocycles. The van der Waals surface area contributed by atoms with Crippen LogP contribution in [0.4, 0.5) is 0 Å². The third kappa shape index (κ3) is 5.39. The first-order chi connectivity index (χ1) is 5.68. The first-order valence-electron chi connectivity index (χ1n) is 3.51. The summed E-state index contributed by atoms with van der Waals surface area (Å²) in [5, 5.41) is 1.13. The molecule has 0 aromatic heterocycles. The molecule has 0 amide bonds. The first-order valence-corrected chi connectivity index (χ1v) is 4.65. The van der Waals surface area contributed by atoms with E-state index in [-0.39, 0.29) is 29.6 Å². The van der Waals surface area contributed by atoms with E-state index in [0.29, 0.717) is 0 Å². The van der Waals surface area contributed by atoms with E-state index in [9.17, 15) is 8.76 Å². The zero-order valence-electron chi connectivity index (χ0n) is 7.69. The smallest absolute Gasteiger partial charge is 0.769 e. The van der Waals surface area contributed by atoms with Gasteiger partial charge in [-0.1, -0.05) is 29.8 Å². The molecule has 1 atom stereocenters. The summed E-state index contributed by atoms with van der Waals surface area (Å²) in [7, 11) is 0. The van der Waals surface area contributed by atoms with Crippen molar-refractivity contribution in [1.82, 2.24) is 0 Å². The fourth-order valence-corrected chi connectivity index (χ4v) is 1.08. The number of benzene rings is 1. The van der Waals surface area contributed by atoms with Crippen molar-refractivity contribution in [2.75, 3.05) is 0 Å². The molecular formula is C9H9NaO2S. The van der Waals surface area contributed by atoms with Crippen molar-refractivity contribution < 1.29 is 38.3 Å². The van der Waals surface area contributed by atoms with Crippen LogP contribution in [-0.4, -0.2) is 8.76 Å². The maximum absolute atomic E-state index is 10.2. The molecule has 0 aliphatic heterocycles. The van der Waals surface area contributed by atoms with E-state index < -0.39 is 11.1 Å². The summed E-state index contributed by atoms with van der Waals surface area (Å²) in [5.41, 5.74) is 2.06. The van der Waals surface area contributed by atoms with Gasteiger partial charge in [-0.2, -0.15) is 0 Å². The van der Waals surface area contributed by atoms with E-state index in [0.717, 1.165) is 16.5 Å². The second kappa shape index (κ2) is 6.51. The van der Waals surface area contributed by atoms with Crippen molar-refractivity contribution in [2.45, 2.75) is 6.92 Å². The molecule has 0 heterocycles. The Morgan fingerprint density at radius 1 is 1.31 bits per heavy atom. The average molecular weight is 204 g/mol. The first kappa shape index (κ1) is 13.1. The fourth-order valence-electron chi connectivity index (χ4n) is 0.812. The van der Waals surface area contributed by atoms with Crippen LogP contribution in [0.15, 0.2) is 29.7 Å². The molecular weight excluding hydrogens is 195 g/mol. The molecule has 4 heteroatoms. The topological polar surface area (TPSA) is 40.1 Å². The van der Waals surface area contributed by atoms with Crippen LogP contribution in [0.3, 0.4) is 0 Å². The summed E-state index contributed by atoms with van der Waals surface area (Å²) >= 11 is -2.10. The monoisotopic (exact) mass is 204 g/mol. The van der Waals surface area contributed by atoms with Crippen molar-refractivity contribution >= 4 is 17.2 Å². The van der Waals surface area contributed by atoms with E-state index in [1.165, 1.54) is 0 Å². The quantitative estimate of drug-likeness (QED) is 0.451. The molecule has 1 rings (SSSR count). The van der Waals surface area contributed by atoms with Crippen LogP contribution in [0.5, 0.6) is 0 Å². The number of hydrogen-bond donors (Lipinski definition) is 0.